The fraction of sp³-hybridized carbons (Fsp3) is 0.300. The van der Waals surface area contributed by atoms with E-state index in [1.165, 1.54) is 0 Å². The van der Waals surface area contributed by atoms with Crippen LogP contribution in [0.1, 0.15) is 13.3 Å². The summed E-state index contributed by atoms with van der Waals surface area (Å²) in [7, 11) is 0. The second kappa shape index (κ2) is 4.62. The van der Waals surface area contributed by atoms with Crippen molar-refractivity contribution < 1.29 is 5.11 Å². The molecule has 0 aromatic heterocycles. The Bertz CT molecular complexity index is 295. The summed E-state index contributed by atoms with van der Waals surface area (Å²) in [5, 5.41) is 8.98. The Morgan fingerprint density at radius 3 is 2.85 bits per heavy atom. The lowest BCUT2D eigenvalue weighted by molar-refractivity contribution is 0.204. The maximum Gasteiger partial charge on any atom is 0.0854 e. The molecule has 0 bridgehead atoms. The van der Waals surface area contributed by atoms with Crippen molar-refractivity contribution in [2.45, 2.75) is 19.4 Å². The van der Waals surface area contributed by atoms with Crippen LogP contribution < -0.4 is 5.73 Å². The number of nitrogens with two attached hydrogens (primary N) is 1. The third-order valence-electron chi connectivity index (χ3n) is 1.61. The first-order valence-electron chi connectivity index (χ1n) is 4.25. The molecule has 0 saturated carbocycles. The van der Waals surface area contributed by atoms with Gasteiger partial charge in [-0.25, -0.2) is 0 Å². The smallest absolute Gasteiger partial charge is 0.0854 e. The number of aliphatic hydroxyl groups excluding tert-OH is 1. The molecule has 0 aliphatic carbocycles. The van der Waals surface area contributed by atoms with Crippen LogP contribution in [0.15, 0.2) is 29.3 Å². The molecule has 0 amide bonds. The number of anilines is 1. The van der Waals surface area contributed by atoms with Crippen LogP contribution in [-0.2, 0) is 0 Å². The van der Waals surface area contributed by atoms with E-state index in [0.29, 0.717) is 12.1 Å². The molecule has 3 heteroatoms. The molecule has 1 aromatic carbocycles. The van der Waals surface area contributed by atoms with Gasteiger partial charge in [0.15, 0.2) is 0 Å². The summed E-state index contributed by atoms with van der Waals surface area (Å²) in [5.41, 5.74) is 7.07. The average Bonchev–Trinajstić information content (AvgIpc) is 2.08. The molecule has 1 rings (SSSR count). The Hall–Kier alpha value is -1.35. The van der Waals surface area contributed by atoms with E-state index in [1.807, 2.05) is 18.2 Å². The number of benzene rings is 1. The number of nitrogens with zero attached hydrogens (tertiary/aromatic N) is 1. The van der Waals surface area contributed by atoms with Crippen LogP contribution in [0.25, 0.3) is 0 Å². The van der Waals surface area contributed by atoms with Crippen molar-refractivity contribution >= 4 is 17.6 Å². The Morgan fingerprint density at radius 1 is 1.54 bits per heavy atom. The van der Waals surface area contributed by atoms with Crippen molar-refractivity contribution in [1.82, 2.24) is 0 Å². The van der Waals surface area contributed by atoms with Crippen LogP contribution in [0.4, 0.5) is 11.4 Å². The van der Waals surface area contributed by atoms with E-state index in [4.69, 9.17) is 10.8 Å². The number of aliphatic hydroxyl groups is 1. The summed E-state index contributed by atoms with van der Waals surface area (Å²) in [6, 6.07) is 7.39. The third-order valence-corrected chi connectivity index (χ3v) is 1.61. The Morgan fingerprint density at radius 2 is 2.23 bits per heavy atom. The highest BCUT2D eigenvalue weighted by molar-refractivity contribution is 5.70. The first kappa shape index (κ1) is 9.74. The fourth-order valence-corrected chi connectivity index (χ4v) is 0.909. The molecule has 0 radical (unpaired) electrons. The number of aliphatic imine (C=N–C) groups is 1. The van der Waals surface area contributed by atoms with Gasteiger partial charge in [0.2, 0.25) is 0 Å². The number of hydrogen-bond acceptors (Lipinski definition) is 3. The molecule has 0 fully saturated rings. The van der Waals surface area contributed by atoms with Crippen molar-refractivity contribution in [3.63, 3.8) is 0 Å². The van der Waals surface area contributed by atoms with Crippen LogP contribution in [0.2, 0.25) is 0 Å². The molecule has 1 unspecified atom stereocenters. The van der Waals surface area contributed by atoms with Gasteiger partial charge in [0.1, 0.15) is 0 Å². The van der Waals surface area contributed by atoms with Gasteiger partial charge in [-0.1, -0.05) is 12.1 Å². The summed E-state index contributed by atoms with van der Waals surface area (Å²) in [5.74, 6) is 0. The molecule has 13 heavy (non-hydrogen) atoms. The van der Waals surface area contributed by atoms with Gasteiger partial charge in [-0.15, -0.1) is 0 Å². The number of hydrogen-bond donors (Lipinski definition) is 2. The molecule has 0 aliphatic heterocycles. The molecule has 1 atom stereocenters. The number of nitrogen functional groups attached to an aromatic ring is 1. The molecule has 0 spiro atoms. The van der Waals surface area contributed by atoms with E-state index in [2.05, 4.69) is 4.99 Å². The van der Waals surface area contributed by atoms with Crippen LogP contribution in [0.3, 0.4) is 0 Å². The first-order chi connectivity index (χ1) is 6.20. The highest BCUT2D eigenvalue weighted by atomic mass is 16.3. The summed E-state index contributed by atoms with van der Waals surface area (Å²) in [6.45, 7) is 1.72. The largest absolute Gasteiger partial charge is 0.397 e. The molecule has 0 saturated heterocycles. The number of rotatable bonds is 3. The fourth-order valence-electron chi connectivity index (χ4n) is 0.909. The second-order valence-electron chi connectivity index (χ2n) is 2.96. The molecule has 1 aromatic rings. The molecular weight excluding hydrogens is 164 g/mol. The van der Waals surface area contributed by atoms with Crippen molar-refractivity contribution in [3.8, 4) is 0 Å². The monoisotopic (exact) mass is 178 g/mol. The normalized spacial score (nSPS) is 13.4. The van der Waals surface area contributed by atoms with Gasteiger partial charge in [0, 0.05) is 12.6 Å². The predicted octanol–water partition coefficient (Wildman–Crippen LogP) is 1.74. The minimum absolute atomic E-state index is 0.353. The van der Waals surface area contributed by atoms with Crippen molar-refractivity contribution in [3.05, 3.63) is 24.3 Å². The SMILES string of the molecule is CC(O)CC=Nc1ccccc1N. The maximum absolute atomic E-state index is 8.98. The maximum atomic E-state index is 8.98. The zero-order chi connectivity index (χ0) is 9.68. The molecule has 0 heterocycles. The average molecular weight is 178 g/mol. The lowest BCUT2D eigenvalue weighted by Gasteiger charge is -1.99. The van der Waals surface area contributed by atoms with E-state index in [9.17, 15) is 0 Å². The molecule has 3 N–H and O–H groups in total. The van der Waals surface area contributed by atoms with E-state index >= 15 is 0 Å². The van der Waals surface area contributed by atoms with Crippen LogP contribution in [-0.4, -0.2) is 17.4 Å². The Kier molecular flexibility index (Phi) is 3.46. The van der Waals surface area contributed by atoms with Gasteiger partial charge >= 0.3 is 0 Å². The molecular formula is C10H14N2O. The van der Waals surface area contributed by atoms with Crippen LogP contribution in [0.5, 0.6) is 0 Å². The summed E-state index contributed by atoms with van der Waals surface area (Å²) in [4.78, 5) is 4.14. The summed E-state index contributed by atoms with van der Waals surface area (Å²) in [6.07, 6.45) is 1.87. The zero-order valence-corrected chi connectivity index (χ0v) is 7.64. The second-order valence-corrected chi connectivity index (χ2v) is 2.96. The van der Waals surface area contributed by atoms with Gasteiger partial charge < -0.3 is 10.8 Å². The molecule has 0 aliphatic rings. The molecule has 3 nitrogen and oxygen atoms in total. The minimum Gasteiger partial charge on any atom is -0.397 e. The summed E-state index contributed by atoms with van der Waals surface area (Å²) < 4.78 is 0. The quantitative estimate of drug-likeness (QED) is 0.547. The van der Waals surface area contributed by atoms with Gasteiger partial charge in [-0.3, -0.25) is 4.99 Å². The standard InChI is InChI=1S/C10H14N2O/c1-8(13)6-7-12-10-5-3-2-4-9(10)11/h2-5,7-8,13H,6,11H2,1H3. The van der Waals surface area contributed by atoms with Crippen molar-refractivity contribution in [1.29, 1.82) is 0 Å². The minimum atomic E-state index is -0.353. The Balaban J connectivity index is 2.63. The van der Waals surface area contributed by atoms with Crippen LogP contribution >= 0.6 is 0 Å². The number of para-hydroxylation sites is 2. The van der Waals surface area contributed by atoms with E-state index in [1.54, 1.807) is 19.2 Å². The van der Waals surface area contributed by atoms with Crippen molar-refractivity contribution in [2.75, 3.05) is 5.73 Å². The summed E-state index contributed by atoms with van der Waals surface area (Å²) >= 11 is 0. The van der Waals surface area contributed by atoms with E-state index < -0.39 is 0 Å². The Labute approximate surface area is 77.9 Å². The zero-order valence-electron chi connectivity index (χ0n) is 7.64. The lowest BCUT2D eigenvalue weighted by atomic mass is 10.2. The lowest BCUT2D eigenvalue weighted by Crippen LogP contribution is -1.98. The van der Waals surface area contributed by atoms with E-state index in [0.717, 1.165) is 5.69 Å². The predicted molar refractivity (Wildman–Crippen MR) is 55.3 cm³/mol. The van der Waals surface area contributed by atoms with Gasteiger partial charge in [-0.2, -0.15) is 0 Å². The van der Waals surface area contributed by atoms with E-state index in [-0.39, 0.29) is 6.10 Å². The van der Waals surface area contributed by atoms with Gasteiger partial charge in [0.25, 0.3) is 0 Å². The molecule has 70 valence electrons. The third kappa shape index (κ3) is 3.25. The highest BCUT2D eigenvalue weighted by Crippen LogP contribution is 2.19. The van der Waals surface area contributed by atoms with Gasteiger partial charge in [0.05, 0.1) is 17.5 Å². The first-order valence-corrected chi connectivity index (χ1v) is 4.25. The van der Waals surface area contributed by atoms with Crippen LogP contribution in [0, 0.1) is 0 Å². The highest BCUT2D eigenvalue weighted by Gasteiger charge is 1.93. The topological polar surface area (TPSA) is 58.6 Å². The van der Waals surface area contributed by atoms with Gasteiger partial charge in [-0.05, 0) is 19.1 Å². The van der Waals surface area contributed by atoms with Crippen molar-refractivity contribution in [2.24, 2.45) is 4.99 Å².